The molecule has 1 aliphatic heterocycles. The summed E-state index contributed by atoms with van der Waals surface area (Å²) in [6.07, 6.45) is 3.12. The first-order valence-corrected chi connectivity index (χ1v) is 7.85. The fourth-order valence-electron chi connectivity index (χ4n) is 1.93. The smallest absolute Gasteiger partial charge is 0.230 e. The zero-order chi connectivity index (χ0) is 15.2. The summed E-state index contributed by atoms with van der Waals surface area (Å²) < 4.78 is 11.4. The summed E-state index contributed by atoms with van der Waals surface area (Å²) in [4.78, 5) is 19.9. The molecule has 1 aromatic carbocycles. The molecule has 1 N–H and O–H groups in total. The van der Waals surface area contributed by atoms with Gasteiger partial charge >= 0.3 is 0 Å². The summed E-state index contributed by atoms with van der Waals surface area (Å²) in [5, 5.41) is 3.42. The van der Waals surface area contributed by atoms with Crippen LogP contribution in [0.5, 0.6) is 11.5 Å². The molecule has 6 nitrogen and oxygen atoms in total. The van der Waals surface area contributed by atoms with E-state index in [2.05, 4.69) is 15.3 Å². The van der Waals surface area contributed by atoms with E-state index < -0.39 is 0 Å². The lowest BCUT2D eigenvalue weighted by Gasteiger charge is -2.26. The van der Waals surface area contributed by atoms with Crippen molar-refractivity contribution in [3.05, 3.63) is 42.7 Å². The molecule has 0 radical (unpaired) electrons. The molecule has 0 fully saturated rings. The first-order chi connectivity index (χ1) is 10.8. The molecule has 0 saturated carbocycles. The molecule has 2 heterocycles. The number of nitrogens with one attached hydrogen (secondary N) is 1. The van der Waals surface area contributed by atoms with E-state index >= 15 is 0 Å². The Labute approximate surface area is 132 Å². The zero-order valence-electron chi connectivity index (χ0n) is 11.8. The maximum atomic E-state index is 11.8. The lowest BCUT2D eigenvalue weighted by molar-refractivity contribution is -0.119. The fraction of sp³-hybridized carbons (Fsp3) is 0.267. The Balaban J connectivity index is 1.42. The third-order valence-electron chi connectivity index (χ3n) is 2.97. The van der Waals surface area contributed by atoms with Crippen LogP contribution in [0, 0.1) is 0 Å². The van der Waals surface area contributed by atoms with Gasteiger partial charge in [-0.05, 0) is 18.2 Å². The van der Waals surface area contributed by atoms with Crippen molar-refractivity contribution in [2.24, 2.45) is 0 Å². The van der Waals surface area contributed by atoms with Gasteiger partial charge in [0.2, 0.25) is 5.91 Å². The minimum Gasteiger partial charge on any atom is -0.486 e. The first-order valence-electron chi connectivity index (χ1n) is 6.86. The van der Waals surface area contributed by atoms with Crippen molar-refractivity contribution in [1.29, 1.82) is 0 Å². The van der Waals surface area contributed by atoms with Gasteiger partial charge in [-0.1, -0.05) is 23.9 Å². The second-order valence-corrected chi connectivity index (χ2v) is 5.56. The van der Waals surface area contributed by atoms with Crippen LogP contribution in [0.3, 0.4) is 0 Å². The lowest BCUT2D eigenvalue weighted by Crippen LogP contribution is -2.41. The highest BCUT2D eigenvalue weighted by Crippen LogP contribution is 2.30. The molecule has 0 bridgehead atoms. The molecule has 22 heavy (non-hydrogen) atoms. The molecular formula is C15H15N3O3S. The second-order valence-electron chi connectivity index (χ2n) is 4.62. The van der Waals surface area contributed by atoms with E-state index in [1.165, 1.54) is 11.8 Å². The van der Waals surface area contributed by atoms with Crippen molar-refractivity contribution in [1.82, 2.24) is 15.3 Å². The Morgan fingerprint density at radius 2 is 2.00 bits per heavy atom. The molecule has 1 atom stereocenters. The predicted octanol–water partition coefficient (Wildman–Crippen LogP) is 1.52. The van der Waals surface area contributed by atoms with E-state index in [0.29, 0.717) is 24.1 Å². The average Bonchev–Trinajstić information content (AvgIpc) is 2.59. The van der Waals surface area contributed by atoms with Crippen LogP contribution >= 0.6 is 11.8 Å². The second kappa shape index (κ2) is 7.13. The van der Waals surface area contributed by atoms with E-state index in [1.54, 1.807) is 18.5 Å². The minimum absolute atomic E-state index is 0.0834. The third-order valence-corrected chi connectivity index (χ3v) is 3.84. The standard InChI is InChI=1S/C15H15N3O3S/c19-14(10-22-15-16-6-3-7-17-15)18-8-11-9-20-12-4-1-2-5-13(12)21-11/h1-7,11H,8-10H2,(H,18,19). The number of fused-ring (bicyclic) bond motifs is 1. The van der Waals surface area contributed by atoms with Gasteiger partial charge in [0.15, 0.2) is 16.7 Å². The van der Waals surface area contributed by atoms with Crippen LogP contribution in [0.4, 0.5) is 0 Å². The number of ether oxygens (including phenoxy) is 2. The number of benzene rings is 1. The summed E-state index contributed by atoms with van der Waals surface area (Å²) in [6, 6.07) is 9.24. The first kappa shape index (κ1) is 14.6. The maximum absolute atomic E-state index is 11.8. The molecule has 0 saturated heterocycles. The van der Waals surface area contributed by atoms with Crippen LogP contribution in [0.2, 0.25) is 0 Å². The number of amides is 1. The molecule has 114 valence electrons. The number of thioether (sulfide) groups is 1. The van der Waals surface area contributed by atoms with E-state index in [0.717, 1.165) is 5.75 Å². The van der Waals surface area contributed by atoms with E-state index in [1.807, 2.05) is 24.3 Å². The number of aromatic nitrogens is 2. The van der Waals surface area contributed by atoms with Crippen molar-refractivity contribution in [2.45, 2.75) is 11.3 Å². The van der Waals surface area contributed by atoms with Crippen LogP contribution in [0.1, 0.15) is 0 Å². The van der Waals surface area contributed by atoms with Crippen LogP contribution < -0.4 is 14.8 Å². The molecule has 2 aromatic rings. The molecule has 0 spiro atoms. The Kier molecular flexibility index (Phi) is 4.75. The van der Waals surface area contributed by atoms with E-state index in [-0.39, 0.29) is 17.8 Å². The number of rotatable bonds is 5. The normalized spacial score (nSPS) is 16.1. The summed E-state index contributed by atoms with van der Waals surface area (Å²) in [5.41, 5.74) is 0. The Bertz CT molecular complexity index is 639. The van der Waals surface area contributed by atoms with Gasteiger partial charge in [-0.3, -0.25) is 4.79 Å². The number of nitrogens with zero attached hydrogens (tertiary/aromatic N) is 2. The van der Waals surface area contributed by atoms with Gasteiger partial charge in [-0.25, -0.2) is 9.97 Å². The van der Waals surface area contributed by atoms with Gasteiger partial charge < -0.3 is 14.8 Å². The largest absolute Gasteiger partial charge is 0.486 e. The molecule has 3 rings (SSSR count). The zero-order valence-corrected chi connectivity index (χ0v) is 12.6. The molecule has 1 unspecified atom stereocenters. The lowest BCUT2D eigenvalue weighted by atomic mass is 10.2. The Morgan fingerprint density at radius 1 is 1.23 bits per heavy atom. The van der Waals surface area contributed by atoms with Gasteiger partial charge in [0.25, 0.3) is 0 Å². The molecule has 1 amide bonds. The Morgan fingerprint density at radius 3 is 2.82 bits per heavy atom. The van der Waals surface area contributed by atoms with Gasteiger partial charge in [0.05, 0.1) is 12.3 Å². The molecular weight excluding hydrogens is 302 g/mol. The maximum Gasteiger partial charge on any atom is 0.230 e. The van der Waals surface area contributed by atoms with Crippen molar-refractivity contribution in [3.63, 3.8) is 0 Å². The van der Waals surface area contributed by atoms with E-state index in [4.69, 9.17) is 9.47 Å². The van der Waals surface area contributed by atoms with E-state index in [9.17, 15) is 4.79 Å². The Hall–Kier alpha value is -2.28. The number of hydrogen-bond donors (Lipinski definition) is 1. The summed E-state index contributed by atoms with van der Waals surface area (Å²) >= 11 is 1.30. The number of carbonyl (C=O) groups is 1. The molecule has 7 heteroatoms. The molecule has 0 aliphatic carbocycles. The topological polar surface area (TPSA) is 73.3 Å². The van der Waals surface area contributed by atoms with Crippen LogP contribution in [0.15, 0.2) is 47.9 Å². The third kappa shape index (κ3) is 3.88. The molecule has 1 aromatic heterocycles. The fourth-order valence-corrected chi connectivity index (χ4v) is 2.57. The highest BCUT2D eigenvalue weighted by molar-refractivity contribution is 7.99. The van der Waals surface area contributed by atoms with Crippen molar-refractivity contribution >= 4 is 17.7 Å². The van der Waals surface area contributed by atoms with Crippen molar-refractivity contribution < 1.29 is 14.3 Å². The summed E-state index contributed by atoms with van der Waals surface area (Å²) in [7, 11) is 0. The monoisotopic (exact) mass is 317 g/mol. The van der Waals surface area contributed by atoms with Gasteiger partial charge in [-0.2, -0.15) is 0 Å². The van der Waals surface area contributed by atoms with Crippen molar-refractivity contribution in [2.75, 3.05) is 18.9 Å². The van der Waals surface area contributed by atoms with Crippen molar-refractivity contribution in [3.8, 4) is 11.5 Å². The highest BCUT2D eigenvalue weighted by Gasteiger charge is 2.20. The molecule has 1 aliphatic rings. The van der Waals surface area contributed by atoms with Crippen LogP contribution in [-0.2, 0) is 4.79 Å². The number of para-hydroxylation sites is 2. The van der Waals surface area contributed by atoms with Gasteiger partial charge in [0, 0.05) is 12.4 Å². The number of carbonyl (C=O) groups excluding carboxylic acids is 1. The van der Waals surface area contributed by atoms with Gasteiger partial charge in [0.1, 0.15) is 12.7 Å². The van der Waals surface area contributed by atoms with Crippen LogP contribution in [-0.4, -0.2) is 40.9 Å². The minimum atomic E-state index is -0.183. The van der Waals surface area contributed by atoms with Gasteiger partial charge in [-0.15, -0.1) is 0 Å². The quantitative estimate of drug-likeness (QED) is 0.666. The SMILES string of the molecule is O=C(CSc1ncccn1)NCC1COc2ccccc2O1. The summed E-state index contributed by atoms with van der Waals surface area (Å²) in [6.45, 7) is 0.829. The summed E-state index contributed by atoms with van der Waals surface area (Å²) in [5.74, 6) is 1.63. The average molecular weight is 317 g/mol. The highest BCUT2D eigenvalue weighted by atomic mass is 32.2. The number of hydrogen-bond acceptors (Lipinski definition) is 6. The predicted molar refractivity (Wildman–Crippen MR) is 82.1 cm³/mol. The van der Waals surface area contributed by atoms with Crippen LogP contribution in [0.25, 0.3) is 0 Å².